The summed E-state index contributed by atoms with van der Waals surface area (Å²) in [6.07, 6.45) is 0. The van der Waals surface area contributed by atoms with Gasteiger partial charge in [-0.05, 0) is 0 Å². The summed E-state index contributed by atoms with van der Waals surface area (Å²) in [5, 5.41) is 0. The van der Waals surface area contributed by atoms with E-state index in [2.05, 4.69) is 4.36 Å². The van der Waals surface area contributed by atoms with Gasteiger partial charge in [0.15, 0.2) is 11.5 Å². The molecule has 0 aromatic rings. The van der Waals surface area contributed by atoms with Crippen molar-refractivity contribution >= 4 is 11.5 Å². The van der Waals surface area contributed by atoms with E-state index >= 15 is 0 Å². The van der Waals surface area contributed by atoms with Crippen molar-refractivity contribution < 1.29 is 4.21 Å². The fourth-order valence-corrected chi connectivity index (χ4v) is 0. The summed E-state index contributed by atoms with van der Waals surface area (Å²) >= 11 is 0.231. The van der Waals surface area contributed by atoms with Crippen LogP contribution in [0.4, 0.5) is 0 Å². The number of hydrogen-bond donors (Lipinski definition) is 0. The van der Waals surface area contributed by atoms with E-state index in [-0.39, 0.29) is 11.5 Å². The molecule has 0 N–H and O–H groups in total. The topological polar surface area (TPSA) is 29.4 Å². The molecule has 0 radical (unpaired) electrons. The summed E-state index contributed by atoms with van der Waals surface area (Å²) in [5.74, 6) is 0. The number of rotatable bonds is 0. The summed E-state index contributed by atoms with van der Waals surface area (Å²) in [4.78, 5) is 0. The minimum Gasteiger partial charge on any atom is -0.198 e. The Morgan fingerprint density at radius 3 is 2.25 bits per heavy atom. The molecule has 0 saturated heterocycles. The van der Waals surface area contributed by atoms with Gasteiger partial charge in [-0.3, -0.25) is 0 Å². The van der Waals surface area contributed by atoms with Gasteiger partial charge in [-0.25, -0.2) is 0 Å². The maximum absolute atomic E-state index is 9.05. The normalized spacial score (nSPS) is 5.25. The molecule has 0 aliphatic rings. The van der Waals surface area contributed by atoms with E-state index in [0.29, 0.717) is 0 Å². The summed E-state index contributed by atoms with van der Waals surface area (Å²) in [6, 6.07) is 0. The van der Waals surface area contributed by atoms with Gasteiger partial charge in [0, 0.05) is 7.05 Å². The van der Waals surface area contributed by atoms with E-state index in [1.54, 1.807) is 0 Å². The molecule has 4 heavy (non-hydrogen) atoms. The summed E-state index contributed by atoms with van der Waals surface area (Å²) < 4.78 is 12.1. The molecule has 24 valence electrons. The zero-order valence-electron chi connectivity index (χ0n) is 2.26. The van der Waals surface area contributed by atoms with E-state index in [1.807, 2.05) is 0 Å². The van der Waals surface area contributed by atoms with Crippen LogP contribution in [0.2, 0.25) is 0 Å². The van der Waals surface area contributed by atoms with Crippen LogP contribution in [0.5, 0.6) is 0 Å². The standard InChI is InChI=1S/CH3NOS/c1-2-4-3/h1H3. The molecular formula is CH3NOS. The fourth-order valence-electron chi connectivity index (χ4n) is 0. The third kappa shape index (κ3) is 1.82. The lowest BCUT2D eigenvalue weighted by Crippen LogP contribution is -1.32. The summed E-state index contributed by atoms with van der Waals surface area (Å²) in [5.41, 5.74) is 0. The zero-order chi connectivity index (χ0) is 3.41. The highest BCUT2D eigenvalue weighted by Gasteiger charge is 1.28. The van der Waals surface area contributed by atoms with Gasteiger partial charge < -0.3 is 0 Å². The Morgan fingerprint density at radius 2 is 2.25 bits per heavy atom. The molecule has 0 aliphatic carbocycles. The van der Waals surface area contributed by atoms with E-state index in [0.717, 1.165) is 0 Å². The minimum atomic E-state index is 0.231. The van der Waals surface area contributed by atoms with Crippen LogP contribution < -0.4 is 0 Å². The van der Waals surface area contributed by atoms with Crippen LogP contribution >= 0.6 is 0 Å². The molecule has 0 fully saturated rings. The van der Waals surface area contributed by atoms with Gasteiger partial charge in [0.25, 0.3) is 0 Å². The van der Waals surface area contributed by atoms with Gasteiger partial charge in [-0.2, -0.15) is 8.57 Å². The van der Waals surface area contributed by atoms with Gasteiger partial charge in [-0.1, -0.05) is 0 Å². The largest absolute Gasteiger partial charge is 0.199 e. The molecule has 0 aromatic carbocycles. The fraction of sp³-hybridized carbons (Fsp3) is 1.00. The highest BCUT2D eigenvalue weighted by molar-refractivity contribution is 7.54. The third-order valence-electron chi connectivity index (χ3n) is 0.0745. The highest BCUT2D eigenvalue weighted by atomic mass is 32.1. The maximum Gasteiger partial charge on any atom is 0.199 e. The Bertz CT molecular complexity index is 46.0. The average molecular weight is 77.1 g/mol. The SMILES string of the molecule is CN=S=O. The molecule has 0 saturated carbocycles. The monoisotopic (exact) mass is 77.0 g/mol. The Hall–Kier alpha value is -0.180. The molecule has 3 heteroatoms. The van der Waals surface area contributed by atoms with E-state index in [1.165, 1.54) is 7.05 Å². The van der Waals surface area contributed by atoms with Gasteiger partial charge in [0.1, 0.15) is 0 Å². The number of nitrogens with zero attached hydrogens (tertiary/aromatic N) is 1. The van der Waals surface area contributed by atoms with Crippen molar-refractivity contribution in [2.45, 2.75) is 0 Å². The highest BCUT2D eigenvalue weighted by Crippen LogP contribution is 1.33. The molecule has 0 heterocycles. The van der Waals surface area contributed by atoms with Crippen LogP contribution in [0.1, 0.15) is 0 Å². The second-order valence-corrected chi connectivity index (χ2v) is 0.771. The number of hydrogen-bond acceptors (Lipinski definition) is 2. The smallest absolute Gasteiger partial charge is 0.198 e. The molecule has 0 atom stereocenters. The van der Waals surface area contributed by atoms with Gasteiger partial charge in [-0.15, -0.1) is 0 Å². The molecule has 0 aliphatic heterocycles. The first-order chi connectivity index (χ1) is 1.91. The summed E-state index contributed by atoms with van der Waals surface area (Å²) in [7, 11) is 1.46. The van der Waals surface area contributed by atoms with Crippen LogP contribution in [0, 0.1) is 0 Å². The Kier molecular flexibility index (Phi) is 2.69. The van der Waals surface area contributed by atoms with Crippen molar-refractivity contribution in [3.05, 3.63) is 0 Å². The molecule has 2 nitrogen and oxygen atoms in total. The second kappa shape index (κ2) is 2.82. The predicted molar refractivity (Wildman–Crippen MR) is 16.5 cm³/mol. The first kappa shape index (κ1) is 3.82. The van der Waals surface area contributed by atoms with Crippen LogP contribution in [0.3, 0.4) is 0 Å². The lowest BCUT2D eigenvalue weighted by molar-refractivity contribution is 0.698. The third-order valence-corrected chi connectivity index (χ3v) is 0.224. The molecule has 0 bridgehead atoms. The zero-order valence-corrected chi connectivity index (χ0v) is 3.08. The average Bonchev–Trinajstić information content (AvgIpc) is 1.37. The van der Waals surface area contributed by atoms with Crippen LogP contribution in [0.25, 0.3) is 0 Å². The van der Waals surface area contributed by atoms with Gasteiger partial charge in [0.05, 0.1) is 0 Å². The van der Waals surface area contributed by atoms with E-state index < -0.39 is 0 Å². The quantitative estimate of drug-likeness (QED) is 0.400. The molecule has 0 aromatic heterocycles. The van der Waals surface area contributed by atoms with Crippen molar-refractivity contribution in [3.8, 4) is 0 Å². The Labute approximate surface area is 28.1 Å². The van der Waals surface area contributed by atoms with Crippen LogP contribution in [-0.4, -0.2) is 11.3 Å². The first-order valence-corrected chi connectivity index (χ1v) is 1.49. The minimum absolute atomic E-state index is 0.231. The molecule has 0 spiro atoms. The first-order valence-electron chi connectivity index (χ1n) is 0.796. The maximum atomic E-state index is 9.05. The van der Waals surface area contributed by atoms with Crippen molar-refractivity contribution in [1.29, 1.82) is 0 Å². The Morgan fingerprint density at radius 1 is 2.00 bits per heavy atom. The molecular weight excluding hydrogens is 74.1 g/mol. The van der Waals surface area contributed by atoms with Crippen molar-refractivity contribution in [3.63, 3.8) is 0 Å². The summed E-state index contributed by atoms with van der Waals surface area (Å²) in [6.45, 7) is 0. The lowest BCUT2D eigenvalue weighted by Gasteiger charge is -1.36. The van der Waals surface area contributed by atoms with Crippen molar-refractivity contribution in [2.24, 2.45) is 4.36 Å². The molecule has 0 amide bonds. The van der Waals surface area contributed by atoms with E-state index in [4.69, 9.17) is 4.21 Å². The van der Waals surface area contributed by atoms with Crippen LogP contribution in [0.15, 0.2) is 4.36 Å². The van der Waals surface area contributed by atoms with Gasteiger partial charge >= 0.3 is 0 Å². The molecule has 0 rings (SSSR count). The predicted octanol–water partition coefficient (Wildman–Crippen LogP) is 0.0128. The second-order valence-electron chi connectivity index (χ2n) is 0.257. The van der Waals surface area contributed by atoms with Crippen molar-refractivity contribution in [2.75, 3.05) is 7.05 Å². The molecule has 0 unspecified atom stereocenters. The van der Waals surface area contributed by atoms with E-state index in [9.17, 15) is 0 Å². The van der Waals surface area contributed by atoms with Crippen molar-refractivity contribution in [1.82, 2.24) is 0 Å². The lowest BCUT2D eigenvalue weighted by atomic mass is 11.6. The van der Waals surface area contributed by atoms with Crippen LogP contribution in [-0.2, 0) is 11.5 Å². The Balaban J connectivity index is 3.11. The van der Waals surface area contributed by atoms with Gasteiger partial charge in [0.2, 0.25) is 0 Å².